The van der Waals surface area contributed by atoms with E-state index in [0.29, 0.717) is 17.1 Å². The van der Waals surface area contributed by atoms with Gasteiger partial charge in [-0.2, -0.15) is 4.98 Å². The van der Waals surface area contributed by atoms with Crippen LogP contribution in [0, 0.1) is 13.8 Å². The summed E-state index contributed by atoms with van der Waals surface area (Å²) >= 11 is 6.20. The van der Waals surface area contributed by atoms with Gasteiger partial charge in [0.1, 0.15) is 5.58 Å². The van der Waals surface area contributed by atoms with Crippen molar-refractivity contribution in [2.75, 3.05) is 0 Å². The van der Waals surface area contributed by atoms with Crippen LogP contribution in [0.3, 0.4) is 0 Å². The second-order valence-corrected chi connectivity index (χ2v) is 6.50. The Labute approximate surface area is 153 Å². The van der Waals surface area contributed by atoms with Gasteiger partial charge in [-0.3, -0.25) is 0 Å². The molecule has 0 unspecified atom stereocenters. The molecule has 0 radical (unpaired) electrons. The number of hydrogen-bond donors (Lipinski definition) is 2. The number of rotatable bonds is 3. The summed E-state index contributed by atoms with van der Waals surface area (Å²) in [6.45, 7) is 3.99. The number of aryl methyl sites for hydroxylation is 2. The van der Waals surface area contributed by atoms with Gasteiger partial charge in [0, 0.05) is 10.9 Å². The van der Waals surface area contributed by atoms with Gasteiger partial charge in [-0.05, 0) is 43.2 Å². The van der Waals surface area contributed by atoms with Crippen molar-refractivity contribution in [1.82, 2.24) is 10.1 Å². The minimum atomic E-state index is -1.60. The van der Waals surface area contributed by atoms with Crippen molar-refractivity contribution < 1.29 is 19.2 Å². The number of nitrogens with zero attached hydrogens (tertiary/aromatic N) is 2. The Morgan fingerprint density at radius 3 is 2.50 bits per heavy atom. The Hall–Kier alpha value is -2.67. The smallest absolute Gasteiger partial charge is 0.259 e. The number of aliphatic hydroxyl groups excluding tert-OH is 1. The lowest BCUT2D eigenvalue weighted by Crippen LogP contribution is -1.94. The van der Waals surface area contributed by atoms with Gasteiger partial charge in [0.05, 0.1) is 10.6 Å². The van der Waals surface area contributed by atoms with Gasteiger partial charge in [0.15, 0.2) is 12.1 Å². The van der Waals surface area contributed by atoms with Crippen LogP contribution >= 0.6 is 11.6 Å². The third-order valence-electron chi connectivity index (χ3n) is 4.27. The highest BCUT2D eigenvalue weighted by Gasteiger charge is 2.18. The second-order valence-electron chi connectivity index (χ2n) is 6.09. The number of hydrogen-bond acceptors (Lipinski definition) is 6. The van der Waals surface area contributed by atoms with E-state index in [1.807, 2.05) is 32.0 Å². The van der Waals surface area contributed by atoms with Crippen molar-refractivity contribution in [2.24, 2.45) is 0 Å². The van der Waals surface area contributed by atoms with Crippen LogP contribution in [-0.2, 0) is 0 Å². The van der Waals surface area contributed by atoms with Crippen molar-refractivity contribution in [1.29, 1.82) is 0 Å². The normalized spacial score (nSPS) is 11.6. The van der Waals surface area contributed by atoms with Crippen LogP contribution in [0.4, 0.5) is 0 Å². The third kappa shape index (κ3) is 2.78. The SMILES string of the molecule is Cc1ccc(C)c2oc(-c3noc(-c4ccc(C(O)O)cc4Cl)n3)cc12. The molecule has 0 bridgehead atoms. The zero-order valence-electron chi connectivity index (χ0n) is 14.0. The quantitative estimate of drug-likeness (QED) is 0.519. The fourth-order valence-corrected chi connectivity index (χ4v) is 3.07. The maximum absolute atomic E-state index is 9.21. The van der Waals surface area contributed by atoms with Gasteiger partial charge in [-0.15, -0.1) is 0 Å². The second kappa shape index (κ2) is 6.25. The molecule has 7 heteroatoms. The fourth-order valence-electron chi connectivity index (χ4n) is 2.80. The van der Waals surface area contributed by atoms with Crippen LogP contribution in [0.25, 0.3) is 34.0 Å². The van der Waals surface area contributed by atoms with E-state index in [-0.39, 0.29) is 16.5 Å². The average Bonchev–Trinajstić information content (AvgIpc) is 3.25. The lowest BCUT2D eigenvalue weighted by Gasteiger charge is -2.05. The number of benzene rings is 2. The van der Waals surface area contributed by atoms with Crippen LogP contribution in [0.1, 0.15) is 23.0 Å². The van der Waals surface area contributed by atoms with Crippen molar-refractivity contribution in [3.8, 4) is 23.0 Å². The minimum absolute atomic E-state index is 0.220. The van der Waals surface area contributed by atoms with Crippen LogP contribution < -0.4 is 0 Å². The van der Waals surface area contributed by atoms with Gasteiger partial charge < -0.3 is 19.2 Å². The van der Waals surface area contributed by atoms with Crippen LogP contribution in [0.5, 0.6) is 0 Å². The summed E-state index contributed by atoms with van der Waals surface area (Å²) in [6.07, 6.45) is -1.60. The van der Waals surface area contributed by atoms with E-state index in [2.05, 4.69) is 10.1 Å². The Morgan fingerprint density at radius 2 is 1.81 bits per heavy atom. The standard InChI is InChI=1S/C19H15ClN2O4/c1-9-3-4-10(2)16-13(9)8-15(25-16)17-21-18(26-22-17)12-6-5-11(19(23)24)7-14(12)20/h3-8,19,23-24H,1-2H3. The van der Waals surface area contributed by atoms with E-state index >= 15 is 0 Å². The van der Waals surface area contributed by atoms with E-state index in [9.17, 15) is 10.2 Å². The summed E-state index contributed by atoms with van der Waals surface area (Å²) in [4.78, 5) is 4.36. The first-order valence-corrected chi connectivity index (χ1v) is 8.31. The molecule has 2 N–H and O–H groups in total. The zero-order valence-corrected chi connectivity index (χ0v) is 14.8. The van der Waals surface area contributed by atoms with Crippen molar-refractivity contribution in [2.45, 2.75) is 20.1 Å². The summed E-state index contributed by atoms with van der Waals surface area (Å²) in [6, 6.07) is 10.5. The topological polar surface area (TPSA) is 92.5 Å². The first-order valence-electron chi connectivity index (χ1n) is 7.94. The van der Waals surface area contributed by atoms with Gasteiger partial charge in [-0.25, -0.2) is 0 Å². The van der Waals surface area contributed by atoms with Crippen molar-refractivity contribution in [3.05, 3.63) is 58.1 Å². The lowest BCUT2D eigenvalue weighted by atomic mass is 10.1. The molecule has 2 heterocycles. The van der Waals surface area contributed by atoms with E-state index in [1.54, 1.807) is 6.07 Å². The Bertz CT molecular complexity index is 1080. The largest absolute Gasteiger partial charge is 0.452 e. The molecule has 0 aliphatic heterocycles. The third-order valence-corrected chi connectivity index (χ3v) is 4.58. The molecule has 2 aromatic carbocycles. The average molecular weight is 371 g/mol. The predicted octanol–water partition coefficient (Wildman–Crippen LogP) is 4.40. The molecular formula is C19H15ClN2O4. The highest BCUT2D eigenvalue weighted by molar-refractivity contribution is 6.33. The number of furan rings is 1. The maximum Gasteiger partial charge on any atom is 0.259 e. The molecule has 6 nitrogen and oxygen atoms in total. The van der Waals surface area contributed by atoms with Crippen molar-refractivity contribution in [3.63, 3.8) is 0 Å². The summed E-state index contributed by atoms with van der Waals surface area (Å²) < 4.78 is 11.2. The van der Waals surface area contributed by atoms with E-state index < -0.39 is 6.29 Å². The Morgan fingerprint density at radius 1 is 1.04 bits per heavy atom. The molecule has 132 valence electrons. The zero-order chi connectivity index (χ0) is 18.4. The van der Waals surface area contributed by atoms with Gasteiger partial charge in [0.25, 0.3) is 5.89 Å². The molecular weight excluding hydrogens is 356 g/mol. The predicted molar refractivity (Wildman–Crippen MR) is 96.6 cm³/mol. The molecule has 0 atom stereocenters. The van der Waals surface area contributed by atoms with E-state index in [1.165, 1.54) is 12.1 Å². The molecule has 26 heavy (non-hydrogen) atoms. The van der Waals surface area contributed by atoms with Crippen LogP contribution in [0.2, 0.25) is 5.02 Å². The minimum Gasteiger partial charge on any atom is -0.452 e. The molecule has 0 aliphatic rings. The molecule has 0 spiro atoms. The number of aromatic nitrogens is 2. The summed E-state index contributed by atoms with van der Waals surface area (Å²) in [5.41, 5.74) is 3.71. The monoisotopic (exact) mass is 370 g/mol. The van der Waals surface area contributed by atoms with Crippen LogP contribution in [0.15, 0.2) is 45.3 Å². The highest BCUT2D eigenvalue weighted by Crippen LogP contribution is 2.33. The highest BCUT2D eigenvalue weighted by atomic mass is 35.5. The molecule has 0 saturated carbocycles. The molecule has 2 aromatic heterocycles. The molecule has 0 saturated heterocycles. The first-order chi connectivity index (χ1) is 12.4. The fraction of sp³-hybridized carbons (Fsp3) is 0.158. The Balaban J connectivity index is 1.75. The van der Waals surface area contributed by atoms with Crippen LogP contribution in [-0.4, -0.2) is 20.4 Å². The summed E-state index contributed by atoms with van der Waals surface area (Å²) in [5.74, 6) is 1.04. The molecule has 4 rings (SSSR count). The Kier molecular flexibility index (Phi) is 4.03. The summed E-state index contributed by atoms with van der Waals surface area (Å²) in [7, 11) is 0. The lowest BCUT2D eigenvalue weighted by molar-refractivity contribution is -0.0424. The molecule has 0 amide bonds. The van der Waals surface area contributed by atoms with Gasteiger partial charge in [-0.1, -0.05) is 35.0 Å². The number of halogens is 1. The molecule has 0 aliphatic carbocycles. The first kappa shape index (κ1) is 16.8. The maximum atomic E-state index is 9.21. The molecule has 0 fully saturated rings. The number of aliphatic hydroxyl groups is 2. The van der Waals surface area contributed by atoms with E-state index in [0.717, 1.165) is 22.1 Å². The van der Waals surface area contributed by atoms with Gasteiger partial charge in [0.2, 0.25) is 5.82 Å². The van der Waals surface area contributed by atoms with Crippen molar-refractivity contribution >= 4 is 22.6 Å². The van der Waals surface area contributed by atoms with E-state index in [4.69, 9.17) is 20.5 Å². The summed E-state index contributed by atoms with van der Waals surface area (Å²) in [5, 5.41) is 23.7. The molecule has 4 aromatic rings. The number of fused-ring (bicyclic) bond motifs is 1. The van der Waals surface area contributed by atoms with Gasteiger partial charge >= 0.3 is 0 Å².